The third kappa shape index (κ3) is 2.93. The van der Waals surface area contributed by atoms with Crippen molar-refractivity contribution in [3.05, 3.63) is 87.2 Å². The van der Waals surface area contributed by atoms with Gasteiger partial charge in [-0.3, -0.25) is 4.79 Å². The Morgan fingerprint density at radius 3 is 2.58 bits per heavy atom. The summed E-state index contributed by atoms with van der Waals surface area (Å²) in [5.74, 6) is 0.469. The van der Waals surface area contributed by atoms with Crippen LogP contribution in [0.4, 0.5) is 0 Å². The van der Waals surface area contributed by atoms with Gasteiger partial charge in [0, 0.05) is 5.56 Å². The van der Waals surface area contributed by atoms with Crippen LogP contribution >= 0.6 is 11.6 Å². The molecule has 0 aliphatic heterocycles. The van der Waals surface area contributed by atoms with Gasteiger partial charge < -0.3 is 4.98 Å². The summed E-state index contributed by atoms with van der Waals surface area (Å²) in [4.78, 5) is 19.4. The number of fused-ring (bicyclic) bond motifs is 1. The first-order valence-corrected chi connectivity index (χ1v) is 8.49. The van der Waals surface area contributed by atoms with Crippen molar-refractivity contribution in [2.45, 2.75) is 6.92 Å². The number of aromatic amines is 1. The number of hydrogen-bond donors (Lipinski definition) is 1. The van der Waals surface area contributed by atoms with Gasteiger partial charge in [-0.2, -0.15) is 5.10 Å². The summed E-state index contributed by atoms with van der Waals surface area (Å²) in [6.07, 6.45) is 3.55. The molecule has 0 spiro atoms. The van der Waals surface area contributed by atoms with E-state index >= 15 is 0 Å². The quantitative estimate of drug-likeness (QED) is 0.592. The van der Waals surface area contributed by atoms with Gasteiger partial charge in [0.25, 0.3) is 5.56 Å². The van der Waals surface area contributed by atoms with Gasteiger partial charge in [-0.25, -0.2) is 9.67 Å². The van der Waals surface area contributed by atoms with Crippen LogP contribution in [0.25, 0.3) is 28.7 Å². The van der Waals surface area contributed by atoms with Crippen LogP contribution in [-0.4, -0.2) is 19.7 Å². The van der Waals surface area contributed by atoms with Crippen LogP contribution in [0.5, 0.6) is 0 Å². The molecule has 4 rings (SSSR count). The van der Waals surface area contributed by atoms with E-state index in [1.807, 2.05) is 61.5 Å². The fourth-order valence-corrected chi connectivity index (χ4v) is 3.12. The summed E-state index contributed by atoms with van der Waals surface area (Å²) in [6, 6.07) is 16.9. The smallest absolute Gasteiger partial charge is 0.259 e. The number of para-hydroxylation sites is 2. The van der Waals surface area contributed by atoms with Crippen molar-refractivity contribution >= 4 is 34.7 Å². The number of hydrogen-bond acceptors (Lipinski definition) is 3. The third-order valence-electron chi connectivity index (χ3n) is 4.09. The van der Waals surface area contributed by atoms with Crippen molar-refractivity contribution in [3.8, 4) is 5.69 Å². The van der Waals surface area contributed by atoms with Crippen molar-refractivity contribution in [2.75, 3.05) is 0 Å². The molecule has 0 saturated carbocycles. The second-order valence-corrected chi connectivity index (χ2v) is 6.20. The maximum absolute atomic E-state index is 12.2. The molecule has 2 heterocycles. The van der Waals surface area contributed by atoms with Crippen molar-refractivity contribution < 1.29 is 0 Å². The van der Waals surface area contributed by atoms with Crippen molar-refractivity contribution in [1.29, 1.82) is 0 Å². The van der Waals surface area contributed by atoms with E-state index in [9.17, 15) is 4.79 Å². The lowest BCUT2D eigenvalue weighted by Crippen LogP contribution is -2.09. The summed E-state index contributed by atoms with van der Waals surface area (Å²) in [5.41, 5.74) is 2.94. The predicted molar refractivity (Wildman–Crippen MR) is 105 cm³/mol. The van der Waals surface area contributed by atoms with Crippen molar-refractivity contribution in [2.24, 2.45) is 0 Å². The number of halogens is 1. The highest BCUT2D eigenvalue weighted by molar-refractivity contribution is 6.31. The van der Waals surface area contributed by atoms with Crippen molar-refractivity contribution in [1.82, 2.24) is 19.7 Å². The average molecular weight is 363 g/mol. The van der Waals surface area contributed by atoms with Gasteiger partial charge in [0.05, 0.1) is 22.3 Å². The normalized spacial score (nSPS) is 11.5. The highest BCUT2D eigenvalue weighted by Gasteiger charge is 2.12. The first kappa shape index (κ1) is 16.3. The number of nitrogens with one attached hydrogen (secondary N) is 1. The minimum Gasteiger partial charge on any atom is -0.306 e. The summed E-state index contributed by atoms with van der Waals surface area (Å²) in [5, 5.41) is 5.57. The number of H-pyrrole nitrogens is 1. The predicted octanol–water partition coefficient (Wildman–Crippen LogP) is 4.24. The van der Waals surface area contributed by atoms with Crippen LogP contribution in [0.2, 0.25) is 5.15 Å². The Morgan fingerprint density at radius 2 is 1.77 bits per heavy atom. The van der Waals surface area contributed by atoms with Gasteiger partial charge in [0.1, 0.15) is 11.0 Å². The van der Waals surface area contributed by atoms with Gasteiger partial charge >= 0.3 is 0 Å². The zero-order valence-corrected chi connectivity index (χ0v) is 14.7. The molecular weight excluding hydrogens is 348 g/mol. The largest absolute Gasteiger partial charge is 0.306 e. The molecule has 4 aromatic rings. The molecule has 0 saturated heterocycles. The molecule has 0 atom stereocenters. The molecule has 0 radical (unpaired) electrons. The highest BCUT2D eigenvalue weighted by atomic mass is 35.5. The van der Waals surface area contributed by atoms with Gasteiger partial charge in [-0.1, -0.05) is 41.9 Å². The molecule has 0 bridgehead atoms. The second-order valence-electron chi connectivity index (χ2n) is 5.84. The van der Waals surface area contributed by atoms with Crippen LogP contribution in [0.15, 0.2) is 59.4 Å². The fourth-order valence-electron chi connectivity index (χ4n) is 2.79. The molecule has 0 aliphatic rings. The number of nitrogens with zero attached hydrogens (tertiary/aromatic N) is 3. The lowest BCUT2D eigenvalue weighted by atomic mass is 10.2. The number of aromatic nitrogens is 4. The molecule has 0 unspecified atom stereocenters. The Bertz CT molecular complexity index is 1180. The first-order valence-electron chi connectivity index (χ1n) is 8.11. The van der Waals surface area contributed by atoms with Crippen LogP contribution in [-0.2, 0) is 0 Å². The number of rotatable bonds is 3. The molecule has 0 amide bonds. The molecule has 1 N–H and O–H groups in total. The van der Waals surface area contributed by atoms with Gasteiger partial charge in [0.15, 0.2) is 0 Å². The molecule has 2 aromatic carbocycles. The molecule has 2 aromatic heterocycles. The summed E-state index contributed by atoms with van der Waals surface area (Å²) >= 11 is 6.51. The number of aryl methyl sites for hydroxylation is 1. The molecule has 0 fully saturated rings. The van der Waals surface area contributed by atoms with E-state index in [1.165, 1.54) is 0 Å². The van der Waals surface area contributed by atoms with E-state index in [2.05, 4.69) is 15.1 Å². The van der Waals surface area contributed by atoms with Crippen LogP contribution in [0, 0.1) is 6.92 Å². The topological polar surface area (TPSA) is 63.6 Å². The number of benzene rings is 2. The minimum atomic E-state index is -0.168. The van der Waals surface area contributed by atoms with E-state index < -0.39 is 0 Å². The average Bonchev–Trinajstić information content (AvgIpc) is 2.95. The lowest BCUT2D eigenvalue weighted by Gasteiger charge is -2.02. The Balaban J connectivity index is 1.74. The molecule has 0 aliphatic carbocycles. The minimum absolute atomic E-state index is 0.168. The van der Waals surface area contributed by atoms with E-state index in [1.54, 1.807) is 16.8 Å². The molecule has 6 heteroatoms. The van der Waals surface area contributed by atoms with E-state index in [4.69, 9.17) is 11.6 Å². The van der Waals surface area contributed by atoms with Crippen LogP contribution in [0.1, 0.15) is 17.1 Å². The van der Waals surface area contributed by atoms with Crippen molar-refractivity contribution in [3.63, 3.8) is 0 Å². The van der Waals surface area contributed by atoms with E-state index in [-0.39, 0.29) is 5.56 Å². The fraction of sp³-hybridized carbons (Fsp3) is 0.0500. The summed E-state index contributed by atoms with van der Waals surface area (Å²) < 4.78 is 1.69. The maximum Gasteiger partial charge on any atom is 0.259 e. The van der Waals surface area contributed by atoms with Gasteiger partial charge in [0.2, 0.25) is 0 Å². The standard InChI is InChI=1S/C20H15ClN4O/c1-13-15(19(21)25(24-13)14-7-3-2-4-8-14)11-12-18-22-17-10-6-5-9-16(17)20(26)23-18/h2-12H,1H3,(H,22,23,26). The molecular formula is C20H15ClN4O. The van der Waals surface area contributed by atoms with E-state index in [0.29, 0.717) is 21.9 Å². The Hall–Kier alpha value is -3.18. The second kappa shape index (κ2) is 6.61. The van der Waals surface area contributed by atoms with Crippen LogP contribution in [0.3, 0.4) is 0 Å². The Morgan fingerprint density at radius 1 is 1.04 bits per heavy atom. The maximum atomic E-state index is 12.2. The Kier molecular flexibility index (Phi) is 4.14. The molecule has 128 valence electrons. The monoisotopic (exact) mass is 362 g/mol. The van der Waals surface area contributed by atoms with Gasteiger partial charge in [-0.05, 0) is 43.3 Å². The zero-order valence-electron chi connectivity index (χ0n) is 14.0. The summed E-state index contributed by atoms with van der Waals surface area (Å²) in [6.45, 7) is 1.89. The Labute approximate surface area is 154 Å². The molecule has 5 nitrogen and oxygen atoms in total. The van der Waals surface area contributed by atoms with E-state index in [0.717, 1.165) is 16.9 Å². The SMILES string of the molecule is Cc1nn(-c2ccccc2)c(Cl)c1C=Cc1nc2ccccc2c(=O)[nH]1. The van der Waals surface area contributed by atoms with Gasteiger partial charge in [-0.15, -0.1) is 0 Å². The third-order valence-corrected chi connectivity index (χ3v) is 4.45. The lowest BCUT2D eigenvalue weighted by molar-refractivity contribution is 0.863. The molecule has 26 heavy (non-hydrogen) atoms. The first-order chi connectivity index (χ1) is 12.6. The zero-order chi connectivity index (χ0) is 18.1. The van der Waals surface area contributed by atoms with Crippen LogP contribution < -0.4 is 5.56 Å². The highest BCUT2D eigenvalue weighted by Crippen LogP contribution is 2.25. The summed E-state index contributed by atoms with van der Waals surface area (Å²) in [7, 11) is 0.